The van der Waals surface area contributed by atoms with Crippen molar-refractivity contribution in [3.05, 3.63) is 43.0 Å². The fraction of sp³-hybridized carbons (Fsp3) is 0.0714. The Morgan fingerprint density at radius 1 is 1.20 bits per heavy atom. The molecule has 0 saturated heterocycles. The molecule has 0 unspecified atom stereocenters. The minimum Gasteiger partial charge on any atom is -0.450 e. The van der Waals surface area contributed by atoms with Gasteiger partial charge in [-0.1, -0.05) is 12.1 Å². The second-order valence-corrected chi connectivity index (χ2v) is 4.53. The van der Waals surface area contributed by atoms with Crippen LogP contribution in [0.2, 0.25) is 0 Å². The SMILES string of the molecule is Cn1cc(Nc2ncnc3c2oc2ccccc23)cn1. The standard InChI is InChI=1S/C14H11N5O/c1-19-7-9(6-17-19)18-14-13-12(15-8-16-14)10-4-2-3-5-11(10)20-13/h2-8H,1H3,(H,15,16,18). The molecular weight excluding hydrogens is 254 g/mol. The van der Waals surface area contributed by atoms with Gasteiger partial charge >= 0.3 is 0 Å². The number of benzene rings is 1. The first-order valence-corrected chi connectivity index (χ1v) is 6.19. The van der Waals surface area contributed by atoms with Crippen molar-refractivity contribution in [2.24, 2.45) is 7.05 Å². The van der Waals surface area contributed by atoms with Crippen LogP contribution in [0, 0.1) is 0 Å². The second kappa shape index (κ2) is 4.06. The second-order valence-electron chi connectivity index (χ2n) is 4.53. The predicted octanol–water partition coefficient (Wildman–Crippen LogP) is 2.85. The van der Waals surface area contributed by atoms with Crippen LogP contribution in [0.15, 0.2) is 47.4 Å². The van der Waals surface area contributed by atoms with Gasteiger partial charge in [-0.05, 0) is 12.1 Å². The van der Waals surface area contributed by atoms with E-state index in [0.717, 1.165) is 22.2 Å². The molecule has 6 nitrogen and oxygen atoms in total. The van der Waals surface area contributed by atoms with Crippen molar-refractivity contribution in [3.8, 4) is 0 Å². The quantitative estimate of drug-likeness (QED) is 0.603. The average molecular weight is 265 g/mol. The summed E-state index contributed by atoms with van der Waals surface area (Å²) in [6, 6.07) is 7.81. The van der Waals surface area contributed by atoms with E-state index in [0.29, 0.717) is 11.4 Å². The number of fused-ring (bicyclic) bond motifs is 3. The van der Waals surface area contributed by atoms with Gasteiger partial charge in [-0.2, -0.15) is 5.10 Å². The summed E-state index contributed by atoms with van der Waals surface area (Å²) in [5.74, 6) is 0.638. The molecule has 0 bridgehead atoms. The fourth-order valence-corrected chi connectivity index (χ4v) is 2.24. The molecule has 1 aromatic carbocycles. The molecule has 98 valence electrons. The van der Waals surface area contributed by atoms with Crippen molar-refractivity contribution in [2.75, 3.05) is 5.32 Å². The van der Waals surface area contributed by atoms with Gasteiger partial charge in [0.15, 0.2) is 11.4 Å². The summed E-state index contributed by atoms with van der Waals surface area (Å²) < 4.78 is 7.57. The van der Waals surface area contributed by atoms with Crippen molar-refractivity contribution in [3.63, 3.8) is 0 Å². The maximum atomic E-state index is 5.85. The van der Waals surface area contributed by atoms with Gasteiger partial charge in [-0.3, -0.25) is 4.68 Å². The molecular formula is C14H11N5O. The Labute approximate surface area is 114 Å². The summed E-state index contributed by atoms with van der Waals surface area (Å²) in [6.45, 7) is 0. The normalized spacial score (nSPS) is 11.2. The lowest BCUT2D eigenvalue weighted by atomic mass is 10.2. The maximum Gasteiger partial charge on any atom is 0.196 e. The van der Waals surface area contributed by atoms with Gasteiger partial charge < -0.3 is 9.73 Å². The number of furan rings is 1. The van der Waals surface area contributed by atoms with Gasteiger partial charge in [0.25, 0.3) is 0 Å². The van der Waals surface area contributed by atoms with E-state index >= 15 is 0 Å². The Hall–Kier alpha value is -2.89. The van der Waals surface area contributed by atoms with Gasteiger partial charge in [0.2, 0.25) is 0 Å². The minimum atomic E-state index is 0.638. The smallest absolute Gasteiger partial charge is 0.196 e. The molecule has 4 rings (SSSR count). The number of aryl methyl sites for hydroxylation is 1. The molecule has 0 aliphatic carbocycles. The maximum absolute atomic E-state index is 5.85. The van der Waals surface area contributed by atoms with E-state index in [9.17, 15) is 0 Å². The topological polar surface area (TPSA) is 68.8 Å². The van der Waals surface area contributed by atoms with E-state index in [1.54, 1.807) is 10.9 Å². The van der Waals surface area contributed by atoms with Crippen LogP contribution in [-0.2, 0) is 7.05 Å². The van der Waals surface area contributed by atoms with Gasteiger partial charge in [0, 0.05) is 18.6 Å². The van der Waals surface area contributed by atoms with E-state index in [1.807, 2.05) is 37.5 Å². The predicted molar refractivity (Wildman–Crippen MR) is 75.8 cm³/mol. The molecule has 0 aliphatic heterocycles. The number of nitrogens with zero attached hydrogens (tertiary/aromatic N) is 4. The Balaban J connectivity index is 1.91. The molecule has 1 N–H and O–H groups in total. The first kappa shape index (κ1) is 11.0. The Morgan fingerprint density at radius 2 is 2.10 bits per heavy atom. The third-order valence-corrected chi connectivity index (χ3v) is 3.13. The summed E-state index contributed by atoms with van der Waals surface area (Å²) in [5, 5.41) is 8.30. The van der Waals surface area contributed by atoms with Crippen LogP contribution in [-0.4, -0.2) is 19.7 Å². The van der Waals surface area contributed by atoms with Gasteiger partial charge in [-0.25, -0.2) is 9.97 Å². The Bertz CT molecular complexity index is 908. The van der Waals surface area contributed by atoms with Crippen molar-refractivity contribution in [1.82, 2.24) is 19.7 Å². The molecule has 0 spiro atoms. The lowest BCUT2D eigenvalue weighted by molar-refractivity contribution is 0.667. The van der Waals surface area contributed by atoms with Crippen molar-refractivity contribution in [1.29, 1.82) is 0 Å². The largest absolute Gasteiger partial charge is 0.450 e. The number of nitrogens with one attached hydrogen (secondary N) is 1. The van der Waals surface area contributed by atoms with Crippen LogP contribution < -0.4 is 5.32 Å². The molecule has 0 radical (unpaired) electrons. The first-order chi connectivity index (χ1) is 9.81. The zero-order chi connectivity index (χ0) is 13.5. The lowest BCUT2D eigenvalue weighted by Crippen LogP contribution is -1.93. The van der Waals surface area contributed by atoms with Crippen LogP contribution in [0.3, 0.4) is 0 Å². The lowest BCUT2D eigenvalue weighted by Gasteiger charge is -2.01. The highest BCUT2D eigenvalue weighted by atomic mass is 16.3. The summed E-state index contributed by atoms with van der Waals surface area (Å²) in [7, 11) is 1.86. The molecule has 3 heterocycles. The number of hydrogen-bond acceptors (Lipinski definition) is 5. The number of hydrogen-bond donors (Lipinski definition) is 1. The number of rotatable bonds is 2. The van der Waals surface area contributed by atoms with Crippen molar-refractivity contribution >= 4 is 33.6 Å². The molecule has 6 heteroatoms. The van der Waals surface area contributed by atoms with E-state index in [4.69, 9.17) is 4.42 Å². The number of anilines is 2. The van der Waals surface area contributed by atoms with Crippen LogP contribution in [0.5, 0.6) is 0 Å². The van der Waals surface area contributed by atoms with E-state index in [1.165, 1.54) is 6.33 Å². The summed E-state index contributed by atoms with van der Waals surface area (Å²) in [6.07, 6.45) is 5.14. The molecule has 0 atom stereocenters. The molecule has 0 aliphatic rings. The third-order valence-electron chi connectivity index (χ3n) is 3.13. The number of aromatic nitrogens is 4. The summed E-state index contributed by atoms with van der Waals surface area (Å²) in [5.41, 5.74) is 3.12. The van der Waals surface area contributed by atoms with Gasteiger partial charge in [0.05, 0.1) is 11.9 Å². The molecule has 4 aromatic rings. The zero-order valence-electron chi connectivity index (χ0n) is 10.7. The fourth-order valence-electron chi connectivity index (χ4n) is 2.24. The highest BCUT2D eigenvalue weighted by Gasteiger charge is 2.13. The average Bonchev–Trinajstić information content (AvgIpc) is 3.03. The third kappa shape index (κ3) is 1.62. The zero-order valence-corrected chi connectivity index (χ0v) is 10.7. The van der Waals surface area contributed by atoms with Crippen LogP contribution in [0.1, 0.15) is 0 Å². The highest BCUT2D eigenvalue weighted by Crippen LogP contribution is 2.31. The molecule has 0 saturated carbocycles. The Morgan fingerprint density at radius 3 is 2.95 bits per heavy atom. The minimum absolute atomic E-state index is 0.638. The van der Waals surface area contributed by atoms with E-state index in [-0.39, 0.29) is 0 Å². The van der Waals surface area contributed by atoms with Crippen molar-refractivity contribution < 1.29 is 4.42 Å². The monoisotopic (exact) mass is 265 g/mol. The van der Waals surface area contributed by atoms with Gasteiger partial charge in [0.1, 0.15) is 17.4 Å². The molecule has 20 heavy (non-hydrogen) atoms. The van der Waals surface area contributed by atoms with Gasteiger partial charge in [-0.15, -0.1) is 0 Å². The van der Waals surface area contributed by atoms with Crippen LogP contribution in [0.4, 0.5) is 11.5 Å². The highest BCUT2D eigenvalue weighted by molar-refractivity contribution is 6.05. The van der Waals surface area contributed by atoms with Crippen molar-refractivity contribution in [2.45, 2.75) is 0 Å². The van der Waals surface area contributed by atoms with Crippen LogP contribution >= 0.6 is 0 Å². The van der Waals surface area contributed by atoms with E-state index < -0.39 is 0 Å². The Kier molecular flexibility index (Phi) is 2.23. The molecule has 3 aromatic heterocycles. The molecule has 0 fully saturated rings. The number of para-hydroxylation sites is 1. The van der Waals surface area contributed by atoms with Crippen LogP contribution in [0.25, 0.3) is 22.1 Å². The summed E-state index contributed by atoms with van der Waals surface area (Å²) >= 11 is 0. The first-order valence-electron chi connectivity index (χ1n) is 6.19. The summed E-state index contributed by atoms with van der Waals surface area (Å²) in [4.78, 5) is 8.56. The molecule has 0 amide bonds. The van der Waals surface area contributed by atoms with E-state index in [2.05, 4.69) is 20.4 Å².